The highest BCUT2D eigenvalue weighted by atomic mass is 32.2. The number of carbonyl (C=O) groups is 1. The van der Waals surface area contributed by atoms with Crippen molar-refractivity contribution in [2.24, 2.45) is 0 Å². The zero-order chi connectivity index (χ0) is 18.7. The van der Waals surface area contributed by atoms with Gasteiger partial charge in [-0.25, -0.2) is 9.37 Å². The molecule has 2 aromatic rings. The molecular formula is C18H20FN3O3S. The number of hydrogen-bond donors (Lipinski definition) is 1. The third kappa shape index (κ3) is 3.75. The number of nitrogens with one attached hydrogen (secondary N) is 1. The van der Waals surface area contributed by atoms with Gasteiger partial charge in [-0.3, -0.25) is 14.2 Å². The van der Waals surface area contributed by atoms with E-state index < -0.39 is 5.97 Å². The number of fused-ring (bicyclic) bond motifs is 1. The van der Waals surface area contributed by atoms with Crippen LogP contribution in [0.25, 0.3) is 0 Å². The van der Waals surface area contributed by atoms with Gasteiger partial charge in [0.25, 0.3) is 5.56 Å². The number of rotatable bonds is 5. The Balaban J connectivity index is 1.94. The van der Waals surface area contributed by atoms with E-state index in [9.17, 15) is 14.0 Å². The van der Waals surface area contributed by atoms with Crippen molar-refractivity contribution in [3.8, 4) is 0 Å². The first kappa shape index (κ1) is 18.4. The van der Waals surface area contributed by atoms with Crippen molar-refractivity contribution in [1.29, 1.82) is 0 Å². The summed E-state index contributed by atoms with van der Waals surface area (Å²) in [5, 5.41) is 3.71. The molecule has 0 amide bonds. The molecule has 0 aliphatic carbocycles. The Morgan fingerprint density at radius 3 is 2.81 bits per heavy atom. The van der Waals surface area contributed by atoms with Gasteiger partial charge < -0.3 is 10.1 Å². The third-order valence-electron chi connectivity index (χ3n) is 4.24. The molecule has 8 heteroatoms. The number of aromatic nitrogens is 2. The molecule has 1 aliphatic heterocycles. The number of carbonyl (C=O) groups excluding carboxylic acids is 1. The van der Waals surface area contributed by atoms with E-state index in [1.165, 1.54) is 28.5 Å². The average Bonchev–Trinajstić information content (AvgIpc) is 2.64. The van der Waals surface area contributed by atoms with Crippen LogP contribution >= 0.6 is 11.8 Å². The van der Waals surface area contributed by atoms with E-state index in [1.807, 2.05) is 6.26 Å². The normalized spacial score (nSPS) is 15.9. The van der Waals surface area contributed by atoms with Crippen LogP contribution in [0.15, 0.2) is 34.2 Å². The van der Waals surface area contributed by atoms with Gasteiger partial charge in [0.05, 0.1) is 18.3 Å². The van der Waals surface area contributed by atoms with Gasteiger partial charge in [0.15, 0.2) is 5.16 Å². The lowest BCUT2D eigenvalue weighted by Gasteiger charge is -2.27. The third-order valence-corrected chi connectivity index (χ3v) is 4.92. The fraction of sp³-hybridized carbons (Fsp3) is 0.389. The van der Waals surface area contributed by atoms with E-state index in [4.69, 9.17) is 4.74 Å². The molecule has 3 rings (SSSR count). The van der Waals surface area contributed by atoms with Crippen molar-refractivity contribution < 1.29 is 13.9 Å². The molecular weight excluding hydrogens is 357 g/mol. The molecule has 0 fully saturated rings. The summed E-state index contributed by atoms with van der Waals surface area (Å²) in [4.78, 5) is 29.3. The van der Waals surface area contributed by atoms with Crippen LogP contribution in [0.2, 0.25) is 0 Å². The van der Waals surface area contributed by atoms with Crippen LogP contribution < -0.4 is 10.9 Å². The van der Waals surface area contributed by atoms with Gasteiger partial charge in [0.2, 0.25) is 0 Å². The summed E-state index contributed by atoms with van der Waals surface area (Å²) in [6, 6.07) is 6.12. The number of aryl methyl sites for hydroxylation is 1. The molecule has 0 saturated heterocycles. The Morgan fingerprint density at radius 2 is 2.15 bits per heavy atom. The van der Waals surface area contributed by atoms with Crippen molar-refractivity contribution in [2.45, 2.75) is 37.5 Å². The first-order chi connectivity index (χ1) is 12.5. The number of nitrogens with zero attached hydrogens (tertiary/aromatic N) is 2. The Labute approximate surface area is 154 Å². The van der Waals surface area contributed by atoms with E-state index in [-0.39, 0.29) is 30.6 Å². The maximum atomic E-state index is 13.1. The Bertz CT molecular complexity index is 867. The quantitative estimate of drug-likeness (QED) is 0.491. The first-order valence-electron chi connectivity index (χ1n) is 8.38. The van der Waals surface area contributed by atoms with Crippen LogP contribution in [0.4, 0.5) is 10.1 Å². The van der Waals surface area contributed by atoms with Crippen molar-refractivity contribution in [1.82, 2.24) is 9.55 Å². The summed E-state index contributed by atoms with van der Waals surface area (Å²) in [5.41, 5.74) is 1.70. The fourth-order valence-corrected chi connectivity index (χ4v) is 3.58. The first-order valence-corrected chi connectivity index (χ1v) is 9.61. The largest absolute Gasteiger partial charge is 0.465 e. The SMILES string of the molecule is CCOC(=O)Cn1c(SC)nc2c(c1=O)NC(c1ccc(F)cc1)CC2. The number of esters is 1. The smallest absolute Gasteiger partial charge is 0.326 e. The second-order valence-electron chi connectivity index (χ2n) is 5.90. The molecule has 1 atom stereocenters. The van der Waals surface area contributed by atoms with Crippen molar-refractivity contribution in [3.63, 3.8) is 0 Å². The van der Waals surface area contributed by atoms with E-state index >= 15 is 0 Å². The molecule has 1 aliphatic rings. The molecule has 1 aromatic carbocycles. The number of halogens is 1. The molecule has 0 spiro atoms. The minimum Gasteiger partial charge on any atom is -0.465 e. The van der Waals surface area contributed by atoms with E-state index in [2.05, 4.69) is 10.3 Å². The molecule has 0 radical (unpaired) electrons. The molecule has 138 valence electrons. The van der Waals surface area contributed by atoms with Gasteiger partial charge in [-0.15, -0.1) is 0 Å². The van der Waals surface area contributed by atoms with Gasteiger partial charge in [-0.2, -0.15) is 0 Å². The van der Waals surface area contributed by atoms with Gasteiger partial charge in [0.1, 0.15) is 18.0 Å². The zero-order valence-electron chi connectivity index (χ0n) is 14.6. The van der Waals surface area contributed by atoms with Crippen LogP contribution in [0, 0.1) is 5.82 Å². The summed E-state index contributed by atoms with van der Waals surface area (Å²) in [6.45, 7) is 1.80. The van der Waals surface area contributed by atoms with Gasteiger partial charge in [-0.05, 0) is 43.7 Å². The van der Waals surface area contributed by atoms with E-state index in [0.717, 1.165) is 12.0 Å². The zero-order valence-corrected chi connectivity index (χ0v) is 15.4. The van der Waals surface area contributed by atoms with Crippen LogP contribution in [-0.4, -0.2) is 28.4 Å². The number of anilines is 1. The lowest BCUT2D eigenvalue weighted by Crippen LogP contribution is -2.34. The molecule has 1 unspecified atom stereocenters. The molecule has 0 bridgehead atoms. The molecule has 0 saturated carbocycles. The minimum absolute atomic E-state index is 0.103. The lowest BCUT2D eigenvalue weighted by atomic mass is 9.96. The fourth-order valence-electron chi connectivity index (χ4n) is 3.01. The molecule has 6 nitrogen and oxygen atoms in total. The average molecular weight is 377 g/mol. The second-order valence-corrected chi connectivity index (χ2v) is 6.68. The highest BCUT2D eigenvalue weighted by Gasteiger charge is 2.26. The highest BCUT2D eigenvalue weighted by molar-refractivity contribution is 7.98. The van der Waals surface area contributed by atoms with E-state index in [0.29, 0.717) is 23.0 Å². The van der Waals surface area contributed by atoms with E-state index in [1.54, 1.807) is 19.1 Å². The monoisotopic (exact) mass is 377 g/mol. The summed E-state index contributed by atoms with van der Waals surface area (Å²) < 4.78 is 19.4. The second kappa shape index (κ2) is 7.90. The molecule has 1 N–H and O–H groups in total. The van der Waals surface area contributed by atoms with Gasteiger partial charge in [0, 0.05) is 0 Å². The Hall–Kier alpha value is -2.35. The summed E-state index contributed by atoms with van der Waals surface area (Å²) in [5.74, 6) is -0.773. The maximum absolute atomic E-state index is 13.1. The van der Waals surface area contributed by atoms with Crippen molar-refractivity contribution in [2.75, 3.05) is 18.2 Å². The molecule has 26 heavy (non-hydrogen) atoms. The maximum Gasteiger partial charge on any atom is 0.326 e. The Morgan fingerprint density at radius 1 is 1.42 bits per heavy atom. The Kier molecular flexibility index (Phi) is 5.61. The number of hydrogen-bond acceptors (Lipinski definition) is 6. The highest BCUT2D eigenvalue weighted by Crippen LogP contribution is 2.30. The summed E-state index contributed by atoms with van der Waals surface area (Å²) in [7, 11) is 0. The van der Waals surface area contributed by atoms with Crippen molar-refractivity contribution >= 4 is 23.4 Å². The predicted molar refractivity (Wildman–Crippen MR) is 98.0 cm³/mol. The van der Waals surface area contributed by atoms with Gasteiger partial charge >= 0.3 is 5.97 Å². The number of ether oxygens (including phenoxy) is 1. The predicted octanol–water partition coefficient (Wildman–Crippen LogP) is 2.77. The summed E-state index contributed by atoms with van der Waals surface area (Å²) in [6.07, 6.45) is 3.20. The van der Waals surface area contributed by atoms with Crippen molar-refractivity contribution in [3.05, 3.63) is 51.7 Å². The number of thioether (sulfide) groups is 1. The summed E-state index contributed by atoms with van der Waals surface area (Å²) >= 11 is 1.32. The van der Waals surface area contributed by atoms with Crippen LogP contribution in [-0.2, 0) is 22.5 Å². The lowest BCUT2D eigenvalue weighted by molar-refractivity contribution is -0.144. The minimum atomic E-state index is -0.474. The molecule has 2 heterocycles. The van der Waals surface area contributed by atoms with Gasteiger partial charge in [-0.1, -0.05) is 23.9 Å². The number of benzene rings is 1. The molecule has 1 aromatic heterocycles. The topological polar surface area (TPSA) is 73.2 Å². The van der Waals surface area contributed by atoms with Crippen LogP contribution in [0.3, 0.4) is 0 Å². The van der Waals surface area contributed by atoms with Crippen LogP contribution in [0.1, 0.15) is 30.6 Å². The van der Waals surface area contributed by atoms with Crippen LogP contribution in [0.5, 0.6) is 0 Å². The standard InChI is InChI=1S/C18H20FN3O3S/c1-3-25-15(23)10-22-17(24)16-14(21-18(22)26-2)9-8-13(20-16)11-4-6-12(19)7-5-11/h4-7,13,20H,3,8-10H2,1-2H3.